The average molecular weight is 813 g/mol. The van der Waals surface area contributed by atoms with Gasteiger partial charge in [-0.25, -0.2) is 16.8 Å². The number of nitrogens with zero attached hydrogens (tertiary/aromatic N) is 2. The number of hydrogen-bond donors (Lipinski definition) is 0. The Balaban J connectivity index is 1.18. The van der Waals surface area contributed by atoms with Gasteiger partial charge in [-0.1, -0.05) is 72.1 Å². The molecular weight excluding hydrogens is 789 g/mol. The van der Waals surface area contributed by atoms with E-state index < -0.39 is 19.7 Å². The summed E-state index contributed by atoms with van der Waals surface area (Å²) in [4.78, 5) is 4.15. The van der Waals surface area contributed by atoms with Crippen molar-refractivity contribution in [3.8, 4) is 11.4 Å². The summed E-state index contributed by atoms with van der Waals surface area (Å²) in [5.41, 5.74) is 5.31. The molecule has 0 radical (unpaired) electrons. The second-order valence-electron chi connectivity index (χ2n) is 13.0. The third kappa shape index (κ3) is 4.77. The van der Waals surface area contributed by atoms with Crippen LogP contribution >= 0.6 is 46.2 Å². The first-order valence-corrected chi connectivity index (χ1v) is 23.1. The fourth-order valence-corrected chi connectivity index (χ4v) is 15.9. The lowest BCUT2D eigenvalue weighted by Crippen LogP contribution is -2.11. The van der Waals surface area contributed by atoms with Crippen molar-refractivity contribution in [2.24, 2.45) is 0 Å². The van der Waals surface area contributed by atoms with E-state index in [4.69, 9.17) is 0 Å². The summed E-state index contributed by atoms with van der Waals surface area (Å²) < 4.78 is 64.4. The third-order valence-corrected chi connectivity index (χ3v) is 18.6. The molecule has 0 aliphatic carbocycles. The van der Waals surface area contributed by atoms with E-state index in [9.17, 15) is 16.8 Å². The molecule has 54 heavy (non-hydrogen) atoms. The molecule has 262 valence electrons. The molecule has 11 rings (SSSR count). The van der Waals surface area contributed by atoms with Crippen LogP contribution in [-0.4, -0.2) is 26.0 Å². The summed E-state index contributed by atoms with van der Waals surface area (Å²) in [6.45, 7) is 0. The molecule has 0 saturated heterocycles. The topological polar surface area (TPSA) is 78.1 Å². The van der Waals surface area contributed by atoms with E-state index in [2.05, 4.69) is 45.5 Å². The van der Waals surface area contributed by atoms with Gasteiger partial charge in [0.05, 0.1) is 60.4 Å². The van der Waals surface area contributed by atoms with Crippen LogP contribution in [0.1, 0.15) is 0 Å². The second-order valence-corrected chi connectivity index (χ2v) is 21.1. The van der Waals surface area contributed by atoms with E-state index in [0.717, 1.165) is 62.0 Å². The van der Waals surface area contributed by atoms with E-state index in [1.54, 1.807) is 46.9 Å². The first-order chi connectivity index (χ1) is 26.3. The molecule has 12 heteroatoms. The molecular formula is C42H24N2O4S6. The number of para-hydroxylation sites is 2. The molecule has 2 aliphatic rings. The molecule has 0 fully saturated rings. The second kappa shape index (κ2) is 11.8. The van der Waals surface area contributed by atoms with Crippen molar-refractivity contribution in [1.29, 1.82) is 0 Å². The highest BCUT2D eigenvalue weighted by atomic mass is 32.2. The van der Waals surface area contributed by atoms with E-state index in [-0.39, 0.29) is 0 Å². The van der Waals surface area contributed by atoms with Gasteiger partial charge in [0.25, 0.3) is 0 Å². The quantitative estimate of drug-likeness (QED) is 0.162. The first-order valence-electron chi connectivity index (χ1n) is 16.9. The smallest absolute Gasteiger partial charge is 0.208 e. The Morgan fingerprint density at radius 2 is 0.741 bits per heavy atom. The normalized spacial score (nSPS) is 15.1. The van der Waals surface area contributed by atoms with Crippen molar-refractivity contribution in [3.05, 3.63) is 146 Å². The van der Waals surface area contributed by atoms with Gasteiger partial charge in [0, 0.05) is 31.0 Å². The number of hydrogen-bond acceptors (Lipinski definition) is 8. The Morgan fingerprint density at radius 1 is 0.352 bits per heavy atom. The molecule has 0 atom stereocenters. The van der Waals surface area contributed by atoms with Crippen LogP contribution in [0.5, 0.6) is 0 Å². The Kier molecular flexibility index (Phi) is 7.15. The Hall–Kier alpha value is -4.82. The van der Waals surface area contributed by atoms with E-state index in [0.29, 0.717) is 29.4 Å². The average Bonchev–Trinajstić information content (AvgIpc) is 3.18. The Bertz CT molecular complexity index is 3160. The zero-order chi connectivity index (χ0) is 36.3. The van der Waals surface area contributed by atoms with Crippen LogP contribution in [0.25, 0.3) is 52.2 Å². The Morgan fingerprint density at radius 3 is 1.20 bits per heavy atom. The number of aromatic nitrogens is 2. The molecule has 0 saturated carbocycles. The van der Waals surface area contributed by atoms with Crippen LogP contribution in [0.15, 0.2) is 185 Å². The molecule has 6 nitrogen and oxygen atoms in total. The Labute approximate surface area is 326 Å². The van der Waals surface area contributed by atoms with Gasteiger partial charge in [-0.05, 0) is 97.1 Å². The van der Waals surface area contributed by atoms with Gasteiger partial charge in [0.1, 0.15) is 0 Å². The summed E-state index contributed by atoms with van der Waals surface area (Å²) in [6.07, 6.45) is 0. The van der Waals surface area contributed by atoms with Gasteiger partial charge < -0.3 is 9.13 Å². The molecule has 4 heterocycles. The first kappa shape index (κ1) is 32.6. The van der Waals surface area contributed by atoms with E-state index in [1.165, 1.54) is 23.5 Å². The summed E-state index contributed by atoms with van der Waals surface area (Å²) in [7, 11) is -7.48. The number of fused-ring (bicyclic) bond motifs is 8. The maximum absolute atomic E-state index is 14.0. The number of benzene rings is 7. The zero-order valence-electron chi connectivity index (χ0n) is 27.8. The van der Waals surface area contributed by atoms with Crippen LogP contribution in [-0.2, 0) is 19.7 Å². The van der Waals surface area contributed by atoms with Crippen molar-refractivity contribution in [3.63, 3.8) is 0 Å². The molecule has 2 aromatic heterocycles. The minimum absolute atomic E-state index is 0.302. The summed E-state index contributed by atoms with van der Waals surface area (Å²) in [6, 6.07) is 46.5. The van der Waals surface area contributed by atoms with E-state index >= 15 is 0 Å². The minimum atomic E-state index is -3.74. The van der Waals surface area contributed by atoms with Crippen LogP contribution in [0, 0.1) is 0 Å². The largest absolute Gasteiger partial charge is 0.308 e. The van der Waals surface area contributed by atoms with Gasteiger partial charge in [-0.15, -0.1) is 22.7 Å². The van der Waals surface area contributed by atoms with Crippen molar-refractivity contribution < 1.29 is 16.8 Å². The van der Waals surface area contributed by atoms with Gasteiger partial charge in [0.15, 0.2) is 0 Å². The molecule has 7 aromatic carbocycles. The zero-order valence-corrected chi connectivity index (χ0v) is 32.7. The lowest BCUT2D eigenvalue weighted by Gasteiger charge is -2.23. The van der Waals surface area contributed by atoms with Gasteiger partial charge >= 0.3 is 0 Å². The maximum atomic E-state index is 14.0. The highest BCUT2D eigenvalue weighted by Gasteiger charge is 2.32. The SMILES string of the molecule is O=S1(=O)c2ccccc2Sc2ccc(-n3c4ccccc4sc4cc5c(cc43)sc3ccccc3n5-c3ccc4c(c3)S(=O)(=O)c3ccccc3S4)cc21. The molecule has 0 spiro atoms. The summed E-state index contributed by atoms with van der Waals surface area (Å²) >= 11 is 6.29. The van der Waals surface area contributed by atoms with Crippen LogP contribution in [0.4, 0.5) is 0 Å². The van der Waals surface area contributed by atoms with Crippen molar-refractivity contribution in [1.82, 2.24) is 9.13 Å². The van der Waals surface area contributed by atoms with Crippen molar-refractivity contribution >= 4 is 107 Å². The fraction of sp³-hybridized carbons (Fsp3) is 0. The van der Waals surface area contributed by atoms with E-state index in [1.807, 2.05) is 84.9 Å². The van der Waals surface area contributed by atoms with Crippen LogP contribution in [0.3, 0.4) is 0 Å². The van der Waals surface area contributed by atoms with Crippen molar-refractivity contribution in [2.75, 3.05) is 0 Å². The monoisotopic (exact) mass is 812 g/mol. The number of rotatable bonds is 2. The lowest BCUT2D eigenvalue weighted by atomic mass is 10.2. The van der Waals surface area contributed by atoms with Crippen molar-refractivity contribution in [2.45, 2.75) is 39.2 Å². The van der Waals surface area contributed by atoms with Gasteiger partial charge in [-0.2, -0.15) is 0 Å². The highest BCUT2D eigenvalue weighted by Crippen LogP contribution is 2.48. The molecule has 9 aromatic rings. The lowest BCUT2D eigenvalue weighted by molar-refractivity contribution is 0.589. The third-order valence-electron chi connectivity index (χ3n) is 9.84. The summed E-state index contributed by atoms with van der Waals surface area (Å²) in [5, 5.41) is 0. The molecule has 0 N–H and O–H groups in total. The van der Waals surface area contributed by atoms with Crippen LogP contribution in [0.2, 0.25) is 0 Å². The fourth-order valence-electron chi connectivity index (χ4n) is 7.41. The molecule has 0 amide bonds. The predicted molar refractivity (Wildman–Crippen MR) is 221 cm³/mol. The highest BCUT2D eigenvalue weighted by molar-refractivity contribution is 8.02. The van der Waals surface area contributed by atoms with Crippen LogP contribution < -0.4 is 0 Å². The van der Waals surface area contributed by atoms with Gasteiger partial charge in [0.2, 0.25) is 19.7 Å². The predicted octanol–water partition coefficient (Wildman–Crippen LogP) is 11.7. The standard InChI is InChI=1S/C42H24N2O4S6/c45-53(46)39-15-7-5-13-33(39)51-35-19-17-25(21-41(35)53)43-27-9-1-3-11-31(27)49-37-24-30-38(23-29(37)43)50-32-12-4-2-10-28(32)44(30)26-18-20-36-42(22-26)54(47,48)40-16-8-6-14-34(40)52-36/h1-24H. The molecule has 2 aliphatic heterocycles. The minimum Gasteiger partial charge on any atom is -0.308 e. The number of sulfone groups is 2. The maximum Gasteiger partial charge on any atom is 0.208 e. The van der Waals surface area contributed by atoms with Gasteiger partial charge in [-0.3, -0.25) is 0 Å². The molecule has 0 unspecified atom stereocenters. The molecule has 0 bridgehead atoms. The summed E-state index contributed by atoms with van der Waals surface area (Å²) in [5.74, 6) is 0.